The third-order valence-corrected chi connectivity index (χ3v) is 1.53. The molecule has 0 aromatic carbocycles. The highest BCUT2D eigenvalue weighted by atomic mass is 19.3. The molecule has 9 heavy (non-hydrogen) atoms. The van der Waals surface area contributed by atoms with Crippen LogP contribution in [0.4, 0.5) is 8.78 Å². The van der Waals surface area contributed by atoms with Crippen molar-refractivity contribution >= 4 is 0 Å². The first-order valence-electron chi connectivity index (χ1n) is 2.84. The summed E-state index contributed by atoms with van der Waals surface area (Å²) < 4.78 is 24.8. The standard InChI is InChI=1S/C5H10F2N2/c1-9-2-4(8)5(6,7)3-9/h4H,2-3,8H2,1H3/t4-/m0/s1. The molecule has 1 saturated heterocycles. The largest absolute Gasteiger partial charge is 0.322 e. The topological polar surface area (TPSA) is 29.3 Å². The van der Waals surface area contributed by atoms with Crippen LogP contribution < -0.4 is 5.73 Å². The monoisotopic (exact) mass is 136 g/mol. The summed E-state index contributed by atoms with van der Waals surface area (Å²) in [5, 5.41) is 0. The number of nitrogens with zero attached hydrogens (tertiary/aromatic N) is 1. The molecule has 0 bridgehead atoms. The van der Waals surface area contributed by atoms with E-state index in [1.807, 2.05) is 0 Å². The van der Waals surface area contributed by atoms with Crippen molar-refractivity contribution in [1.82, 2.24) is 4.90 Å². The number of hydrogen-bond acceptors (Lipinski definition) is 2. The lowest BCUT2D eigenvalue weighted by molar-refractivity contribution is 0.000960. The molecule has 1 heterocycles. The molecular formula is C5H10F2N2. The van der Waals surface area contributed by atoms with Gasteiger partial charge >= 0.3 is 0 Å². The zero-order chi connectivity index (χ0) is 7.07. The van der Waals surface area contributed by atoms with Gasteiger partial charge in [-0.3, -0.25) is 4.90 Å². The molecule has 1 atom stereocenters. The molecule has 1 rings (SSSR count). The van der Waals surface area contributed by atoms with Gasteiger partial charge in [-0.15, -0.1) is 0 Å². The zero-order valence-corrected chi connectivity index (χ0v) is 5.27. The Morgan fingerprint density at radius 1 is 1.67 bits per heavy atom. The van der Waals surface area contributed by atoms with Gasteiger partial charge in [-0.25, -0.2) is 8.78 Å². The summed E-state index contributed by atoms with van der Waals surface area (Å²) in [4.78, 5) is 1.53. The van der Waals surface area contributed by atoms with E-state index in [9.17, 15) is 8.78 Å². The number of likely N-dealkylation sites (N-methyl/N-ethyl adjacent to an activating group) is 1. The van der Waals surface area contributed by atoms with Crippen molar-refractivity contribution in [2.24, 2.45) is 5.73 Å². The number of nitrogens with two attached hydrogens (primary N) is 1. The minimum atomic E-state index is -2.67. The van der Waals surface area contributed by atoms with E-state index in [0.29, 0.717) is 6.54 Å². The van der Waals surface area contributed by atoms with Crippen molar-refractivity contribution in [2.75, 3.05) is 20.1 Å². The van der Waals surface area contributed by atoms with E-state index in [-0.39, 0.29) is 6.54 Å². The Bertz CT molecular complexity index is 116. The van der Waals surface area contributed by atoms with E-state index in [1.165, 1.54) is 4.90 Å². The molecule has 0 aromatic rings. The van der Waals surface area contributed by atoms with Crippen LogP contribution in [0.3, 0.4) is 0 Å². The van der Waals surface area contributed by atoms with Crippen LogP contribution in [-0.2, 0) is 0 Å². The highest BCUT2D eigenvalue weighted by Gasteiger charge is 2.44. The number of rotatable bonds is 0. The Labute approximate surface area is 52.6 Å². The molecule has 1 aliphatic heterocycles. The number of alkyl halides is 2. The molecule has 1 aliphatic rings. The van der Waals surface area contributed by atoms with E-state index in [0.717, 1.165) is 0 Å². The first-order chi connectivity index (χ1) is 4.02. The van der Waals surface area contributed by atoms with Gasteiger partial charge in [0.25, 0.3) is 5.92 Å². The first-order valence-corrected chi connectivity index (χ1v) is 2.84. The fourth-order valence-electron chi connectivity index (χ4n) is 1.01. The fraction of sp³-hybridized carbons (Fsp3) is 1.00. The molecule has 0 amide bonds. The second-order valence-electron chi connectivity index (χ2n) is 2.56. The molecule has 1 fully saturated rings. The van der Waals surface area contributed by atoms with Gasteiger partial charge in [-0.1, -0.05) is 0 Å². The first kappa shape index (κ1) is 6.89. The van der Waals surface area contributed by atoms with E-state index >= 15 is 0 Å². The van der Waals surface area contributed by atoms with Gasteiger partial charge in [0.05, 0.1) is 12.6 Å². The number of hydrogen-bond donors (Lipinski definition) is 1. The summed E-state index contributed by atoms with van der Waals surface area (Å²) in [5.74, 6) is -2.67. The number of likely N-dealkylation sites (tertiary alicyclic amines) is 1. The summed E-state index contributed by atoms with van der Waals surface area (Å²) in [5.41, 5.74) is 5.11. The highest BCUT2D eigenvalue weighted by molar-refractivity contribution is 4.91. The van der Waals surface area contributed by atoms with Crippen LogP contribution in [0, 0.1) is 0 Å². The van der Waals surface area contributed by atoms with Crippen LogP contribution in [0.1, 0.15) is 0 Å². The van der Waals surface area contributed by atoms with Crippen molar-refractivity contribution in [3.05, 3.63) is 0 Å². The molecule has 0 unspecified atom stereocenters. The predicted octanol–water partition coefficient (Wildman–Crippen LogP) is -0.106. The maximum absolute atomic E-state index is 12.4. The van der Waals surface area contributed by atoms with Crippen molar-refractivity contribution < 1.29 is 8.78 Å². The minimum Gasteiger partial charge on any atom is -0.322 e. The maximum Gasteiger partial charge on any atom is 0.276 e. The predicted molar refractivity (Wildman–Crippen MR) is 30.4 cm³/mol. The van der Waals surface area contributed by atoms with Crippen LogP contribution >= 0.6 is 0 Å². The molecule has 4 heteroatoms. The maximum atomic E-state index is 12.4. The Hall–Kier alpha value is -0.220. The molecule has 0 aliphatic carbocycles. The lowest BCUT2D eigenvalue weighted by Gasteiger charge is -2.11. The van der Waals surface area contributed by atoms with Crippen LogP contribution in [0.15, 0.2) is 0 Å². The van der Waals surface area contributed by atoms with Crippen molar-refractivity contribution in [2.45, 2.75) is 12.0 Å². The molecule has 2 N–H and O–H groups in total. The van der Waals surface area contributed by atoms with E-state index in [2.05, 4.69) is 0 Å². The van der Waals surface area contributed by atoms with Gasteiger partial charge in [0.15, 0.2) is 0 Å². The summed E-state index contributed by atoms with van der Waals surface area (Å²) >= 11 is 0. The smallest absolute Gasteiger partial charge is 0.276 e. The Kier molecular flexibility index (Phi) is 1.44. The lowest BCUT2D eigenvalue weighted by Crippen LogP contribution is -2.38. The molecule has 54 valence electrons. The quantitative estimate of drug-likeness (QED) is 0.503. The van der Waals surface area contributed by atoms with Crippen LogP contribution in [0.2, 0.25) is 0 Å². The van der Waals surface area contributed by atoms with Gasteiger partial charge in [-0.05, 0) is 7.05 Å². The van der Waals surface area contributed by atoms with Gasteiger partial charge in [-0.2, -0.15) is 0 Å². The SMILES string of the molecule is CN1C[C@H](N)C(F)(F)C1. The number of halogens is 2. The van der Waals surface area contributed by atoms with Crippen molar-refractivity contribution in [3.8, 4) is 0 Å². The molecule has 0 spiro atoms. The third kappa shape index (κ3) is 1.19. The fourth-order valence-corrected chi connectivity index (χ4v) is 1.01. The van der Waals surface area contributed by atoms with E-state index in [4.69, 9.17) is 5.73 Å². The summed E-state index contributed by atoms with van der Waals surface area (Å²) in [7, 11) is 1.64. The molecule has 0 saturated carbocycles. The van der Waals surface area contributed by atoms with E-state index in [1.54, 1.807) is 7.05 Å². The second-order valence-corrected chi connectivity index (χ2v) is 2.56. The molecule has 2 nitrogen and oxygen atoms in total. The average Bonchev–Trinajstić information content (AvgIpc) is 1.79. The Morgan fingerprint density at radius 2 is 2.22 bits per heavy atom. The van der Waals surface area contributed by atoms with Crippen molar-refractivity contribution in [3.63, 3.8) is 0 Å². The highest BCUT2D eigenvalue weighted by Crippen LogP contribution is 2.24. The normalized spacial score (nSPS) is 35.3. The lowest BCUT2D eigenvalue weighted by atomic mass is 10.2. The Balaban J connectivity index is 2.58. The van der Waals surface area contributed by atoms with Crippen LogP contribution in [0.25, 0.3) is 0 Å². The molecule has 0 radical (unpaired) electrons. The van der Waals surface area contributed by atoms with E-state index < -0.39 is 12.0 Å². The average molecular weight is 136 g/mol. The molecule has 0 aromatic heterocycles. The summed E-state index contributed by atoms with van der Waals surface area (Å²) in [6, 6.07) is -0.970. The zero-order valence-electron chi connectivity index (χ0n) is 5.27. The molecular weight excluding hydrogens is 126 g/mol. The van der Waals surface area contributed by atoms with Crippen LogP contribution in [0.5, 0.6) is 0 Å². The minimum absolute atomic E-state index is 0.200. The van der Waals surface area contributed by atoms with Crippen molar-refractivity contribution in [1.29, 1.82) is 0 Å². The second kappa shape index (κ2) is 1.88. The van der Waals surface area contributed by atoms with Gasteiger partial charge in [0.1, 0.15) is 0 Å². The van der Waals surface area contributed by atoms with Gasteiger partial charge in [0, 0.05) is 6.54 Å². The third-order valence-electron chi connectivity index (χ3n) is 1.53. The van der Waals surface area contributed by atoms with Gasteiger partial charge < -0.3 is 5.73 Å². The van der Waals surface area contributed by atoms with Crippen LogP contribution in [-0.4, -0.2) is 37.0 Å². The van der Waals surface area contributed by atoms with Gasteiger partial charge in [0.2, 0.25) is 0 Å². The summed E-state index contributed by atoms with van der Waals surface area (Å²) in [6.07, 6.45) is 0. The Morgan fingerprint density at radius 3 is 2.33 bits per heavy atom. The summed E-state index contributed by atoms with van der Waals surface area (Å²) in [6.45, 7) is 0.0984.